The van der Waals surface area contributed by atoms with E-state index in [0.29, 0.717) is 0 Å². The van der Waals surface area contributed by atoms with Gasteiger partial charge >= 0.3 is 6.18 Å². The van der Waals surface area contributed by atoms with E-state index >= 15 is 0 Å². The summed E-state index contributed by atoms with van der Waals surface area (Å²) in [6, 6.07) is 8.95. The van der Waals surface area contributed by atoms with E-state index in [4.69, 9.17) is 0 Å². The minimum absolute atomic E-state index is 0.243. The van der Waals surface area contributed by atoms with E-state index in [-0.39, 0.29) is 12.0 Å². The molecule has 4 rings (SSSR count). The molecule has 3 fully saturated rings. The molecule has 0 bridgehead atoms. The fourth-order valence-corrected chi connectivity index (χ4v) is 3.92. The Hall–Kier alpha value is -1.76. The van der Waals surface area contributed by atoms with Gasteiger partial charge in [-0.1, -0.05) is 18.2 Å². The van der Waals surface area contributed by atoms with Crippen molar-refractivity contribution in [2.24, 2.45) is 17.8 Å². The Morgan fingerprint density at radius 1 is 1.13 bits per heavy atom. The highest BCUT2D eigenvalue weighted by atomic mass is 19.4. The van der Waals surface area contributed by atoms with Gasteiger partial charge in [0.25, 0.3) is 0 Å². The molecular formula is C16H18F3N3O. The van der Waals surface area contributed by atoms with Crippen molar-refractivity contribution >= 4 is 11.6 Å². The second-order valence-corrected chi connectivity index (χ2v) is 6.64. The van der Waals surface area contributed by atoms with Crippen molar-refractivity contribution in [3.63, 3.8) is 0 Å². The maximum atomic E-state index is 13.5. The van der Waals surface area contributed by atoms with Gasteiger partial charge in [0.15, 0.2) is 0 Å². The van der Waals surface area contributed by atoms with Crippen molar-refractivity contribution in [3.8, 4) is 0 Å². The Morgan fingerprint density at radius 3 is 2.43 bits per heavy atom. The molecule has 124 valence electrons. The highest BCUT2D eigenvalue weighted by Gasteiger charge is 2.60. The highest BCUT2D eigenvalue weighted by Crippen LogP contribution is 2.49. The fourth-order valence-electron chi connectivity index (χ4n) is 3.92. The maximum Gasteiger partial charge on any atom is 0.392 e. The fraction of sp³-hybridized carbons (Fsp3) is 0.562. The molecule has 0 spiro atoms. The van der Waals surface area contributed by atoms with Crippen molar-refractivity contribution in [2.75, 3.05) is 5.01 Å². The molecule has 1 aromatic carbocycles. The second kappa shape index (κ2) is 5.12. The first-order valence-electron chi connectivity index (χ1n) is 7.91. The van der Waals surface area contributed by atoms with Gasteiger partial charge < -0.3 is 5.32 Å². The first-order valence-corrected chi connectivity index (χ1v) is 7.91. The molecule has 0 radical (unpaired) electrons. The molecule has 1 aliphatic carbocycles. The molecular weight excluding hydrogens is 307 g/mol. The maximum absolute atomic E-state index is 13.5. The summed E-state index contributed by atoms with van der Waals surface area (Å²) in [5, 5.41) is 4.48. The monoisotopic (exact) mass is 325 g/mol. The quantitative estimate of drug-likeness (QED) is 0.878. The van der Waals surface area contributed by atoms with Gasteiger partial charge in [-0.2, -0.15) is 13.2 Å². The van der Waals surface area contributed by atoms with Crippen LogP contribution >= 0.6 is 0 Å². The Kier molecular flexibility index (Phi) is 3.30. The van der Waals surface area contributed by atoms with Crippen LogP contribution in [0.4, 0.5) is 18.9 Å². The lowest BCUT2D eigenvalue weighted by Gasteiger charge is -2.38. The molecule has 2 aliphatic heterocycles. The molecule has 1 aromatic rings. The summed E-state index contributed by atoms with van der Waals surface area (Å²) >= 11 is 0. The number of halogens is 3. The van der Waals surface area contributed by atoms with Gasteiger partial charge in [-0.25, -0.2) is 5.43 Å². The summed E-state index contributed by atoms with van der Waals surface area (Å²) in [7, 11) is 0. The van der Waals surface area contributed by atoms with Crippen molar-refractivity contribution in [1.29, 1.82) is 0 Å². The van der Waals surface area contributed by atoms with Gasteiger partial charge in [0.2, 0.25) is 5.91 Å². The molecule has 2 heterocycles. The van der Waals surface area contributed by atoms with Gasteiger partial charge in [-0.15, -0.1) is 0 Å². The topological polar surface area (TPSA) is 44.4 Å². The van der Waals surface area contributed by atoms with Crippen LogP contribution in [0.3, 0.4) is 0 Å². The van der Waals surface area contributed by atoms with Crippen LogP contribution in [-0.4, -0.2) is 24.3 Å². The summed E-state index contributed by atoms with van der Waals surface area (Å²) in [6.07, 6.45) is -3.60. The molecule has 4 atom stereocenters. The summed E-state index contributed by atoms with van der Waals surface area (Å²) in [5.74, 6) is -2.52. The van der Waals surface area contributed by atoms with Crippen molar-refractivity contribution < 1.29 is 18.0 Å². The Balaban J connectivity index is 1.71. The van der Waals surface area contributed by atoms with Crippen LogP contribution in [0.15, 0.2) is 30.3 Å². The molecule has 4 unspecified atom stereocenters. The number of fused-ring (bicyclic) bond motifs is 1. The summed E-state index contributed by atoms with van der Waals surface area (Å²) in [5.41, 5.74) is 4.02. The average Bonchev–Trinajstić information content (AvgIpc) is 3.28. The first kappa shape index (κ1) is 14.8. The van der Waals surface area contributed by atoms with Crippen LogP contribution in [0, 0.1) is 17.8 Å². The Labute approximate surface area is 132 Å². The number of benzene rings is 1. The number of carbonyl (C=O) groups is 1. The van der Waals surface area contributed by atoms with Crippen LogP contribution < -0.4 is 15.8 Å². The van der Waals surface area contributed by atoms with Crippen LogP contribution in [0.5, 0.6) is 0 Å². The lowest BCUT2D eigenvalue weighted by molar-refractivity contribution is -0.200. The predicted octanol–water partition coefficient (Wildman–Crippen LogP) is 2.43. The number of hydrogen-bond acceptors (Lipinski definition) is 3. The lowest BCUT2D eigenvalue weighted by Crippen LogP contribution is -2.57. The predicted molar refractivity (Wildman–Crippen MR) is 78.2 cm³/mol. The van der Waals surface area contributed by atoms with E-state index in [2.05, 4.69) is 10.7 Å². The molecule has 4 nitrogen and oxygen atoms in total. The Bertz CT molecular complexity index is 602. The zero-order valence-electron chi connectivity index (χ0n) is 12.4. The smallest absolute Gasteiger partial charge is 0.334 e. The second-order valence-electron chi connectivity index (χ2n) is 6.64. The minimum atomic E-state index is -4.36. The first-order chi connectivity index (χ1) is 10.9. The van der Waals surface area contributed by atoms with E-state index < -0.39 is 36.5 Å². The number of anilines is 1. The van der Waals surface area contributed by atoms with Crippen LogP contribution in [0.1, 0.15) is 19.3 Å². The van der Waals surface area contributed by atoms with E-state index in [0.717, 1.165) is 18.5 Å². The zero-order chi connectivity index (χ0) is 16.2. The largest absolute Gasteiger partial charge is 0.392 e. The van der Waals surface area contributed by atoms with Crippen molar-refractivity contribution in [2.45, 2.75) is 37.6 Å². The number of hydrogen-bond donors (Lipinski definition) is 2. The third-order valence-corrected chi connectivity index (χ3v) is 5.11. The van der Waals surface area contributed by atoms with Gasteiger partial charge in [0.05, 0.1) is 11.6 Å². The molecule has 23 heavy (non-hydrogen) atoms. The van der Waals surface area contributed by atoms with E-state index in [1.54, 1.807) is 5.01 Å². The number of nitrogens with zero attached hydrogens (tertiary/aromatic N) is 1. The molecule has 1 saturated carbocycles. The number of hydrazine groups is 1. The summed E-state index contributed by atoms with van der Waals surface area (Å²) < 4.78 is 40.5. The number of amides is 1. The van der Waals surface area contributed by atoms with E-state index in [1.165, 1.54) is 0 Å². The lowest BCUT2D eigenvalue weighted by atomic mass is 9.78. The van der Waals surface area contributed by atoms with Crippen LogP contribution in [-0.2, 0) is 4.79 Å². The molecule has 7 heteroatoms. The molecule has 0 aromatic heterocycles. The summed E-state index contributed by atoms with van der Waals surface area (Å²) in [4.78, 5) is 11.9. The highest BCUT2D eigenvalue weighted by molar-refractivity contribution is 5.78. The standard InChI is InChI=1S/C16H18F3N3O/c17-16(18,19)11-8-12(23)20-15-13(11)14(9-6-7-9)21-22(15)10-4-2-1-3-5-10/h1-5,9,11,13-15,21H,6-8H2,(H,20,23). The van der Waals surface area contributed by atoms with Gasteiger partial charge in [0.1, 0.15) is 6.17 Å². The number of carbonyl (C=O) groups excluding carboxylic acids is 1. The van der Waals surface area contributed by atoms with Gasteiger partial charge in [-0.05, 0) is 30.9 Å². The normalized spacial score (nSPS) is 34.2. The zero-order valence-corrected chi connectivity index (χ0v) is 12.4. The van der Waals surface area contributed by atoms with Crippen molar-refractivity contribution in [1.82, 2.24) is 10.7 Å². The van der Waals surface area contributed by atoms with Crippen LogP contribution in [0.25, 0.3) is 0 Å². The number of alkyl halides is 3. The summed E-state index contributed by atoms with van der Waals surface area (Å²) in [6.45, 7) is 0. The van der Waals surface area contributed by atoms with Gasteiger partial charge in [0, 0.05) is 18.4 Å². The molecule has 2 N–H and O–H groups in total. The van der Waals surface area contributed by atoms with Gasteiger partial charge in [-0.3, -0.25) is 9.80 Å². The van der Waals surface area contributed by atoms with Crippen LogP contribution in [0.2, 0.25) is 0 Å². The molecule has 2 saturated heterocycles. The number of para-hydroxylation sites is 1. The number of piperidine rings is 1. The molecule has 3 aliphatic rings. The Morgan fingerprint density at radius 2 is 1.83 bits per heavy atom. The van der Waals surface area contributed by atoms with E-state index in [1.807, 2.05) is 30.3 Å². The average molecular weight is 325 g/mol. The number of nitrogens with one attached hydrogen (secondary N) is 2. The third kappa shape index (κ3) is 2.56. The number of rotatable bonds is 2. The van der Waals surface area contributed by atoms with E-state index in [9.17, 15) is 18.0 Å². The minimum Gasteiger partial charge on any atom is -0.334 e. The van der Waals surface area contributed by atoms with Crippen molar-refractivity contribution in [3.05, 3.63) is 30.3 Å². The molecule has 1 amide bonds. The third-order valence-electron chi connectivity index (χ3n) is 5.11. The SMILES string of the molecule is O=C1CC(C(F)(F)F)C2C(C3CC3)NN(c3ccccc3)C2N1.